The number of rotatable bonds is 5. The van der Waals surface area contributed by atoms with Crippen LogP contribution >= 0.6 is 0 Å². The van der Waals surface area contributed by atoms with Gasteiger partial charge in [0.2, 0.25) is 0 Å². The van der Waals surface area contributed by atoms with Gasteiger partial charge in [0.05, 0.1) is 11.7 Å². The Kier molecular flexibility index (Phi) is 4.73. The second-order valence-electron chi connectivity index (χ2n) is 6.49. The van der Waals surface area contributed by atoms with Gasteiger partial charge in [-0.05, 0) is 45.3 Å². The number of nitrogens with one attached hydrogen (secondary N) is 1. The third-order valence-electron chi connectivity index (χ3n) is 4.97. The molecular formula is C16H28N4. The van der Waals surface area contributed by atoms with Crippen LogP contribution in [0.3, 0.4) is 0 Å². The predicted molar refractivity (Wildman–Crippen MR) is 81.7 cm³/mol. The average molecular weight is 276 g/mol. The summed E-state index contributed by atoms with van der Waals surface area (Å²) in [6, 6.07) is 3.55. The van der Waals surface area contributed by atoms with Gasteiger partial charge in [0.1, 0.15) is 0 Å². The van der Waals surface area contributed by atoms with Gasteiger partial charge >= 0.3 is 0 Å². The fourth-order valence-corrected chi connectivity index (χ4v) is 3.62. The molecule has 0 aromatic carbocycles. The van der Waals surface area contributed by atoms with Gasteiger partial charge in [-0.15, -0.1) is 0 Å². The summed E-state index contributed by atoms with van der Waals surface area (Å²) >= 11 is 0. The van der Waals surface area contributed by atoms with Crippen LogP contribution in [0.15, 0.2) is 12.3 Å². The van der Waals surface area contributed by atoms with Gasteiger partial charge in [0, 0.05) is 25.3 Å². The Hall–Kier alpha value is -0.870. The molecule has 2 heterocycles. The van der Waals surface area contributed by atoms with E-state index in [1.165, 1.54) is 57.2 Å². The van der Waals surface area contributed by atoms with Crippen LogP contribution in [-0.2, 0) is 6.54 Å². The summed E-state index contributed by atoms with van der Waals surface area (Å²) in [5.74, 6) is 0. The Labute approximate surface area is 122 Å². The third kappa shape index (κ3) is 3.41. The highest BCUT2D eigenvalue weighted by molar-refractivity contribution is 5.00. The Morgan fingerprint density at radius 2 is 2.05 bits per heavy atom. The molecule has 1 N–H and O–H groups in total. The zero-order valence-corrected chi connectivity index (χ0v) is 12.7. The lowest BCUT2D eigenvalue weighted by Gasteiger charge is -2.22. The summed E-state index contributed by atoms with van der Waals surface area (Å²) in [4.78, 5) is 2.47. The van der Waals surface area contributed by atoms with E-state index in [9.17, 15) is 0 Å². The van der Waals surface area contributed by atoms with E-state index in [1.807, 2.05) is 0 Å². The van der Waals surface area contributed by atoms with E-state index in [0.717, 1.165) is 19.1 Å². The highest BCUT2D eigenvalue weighted by atomic mass is 15.3. The first-order chi connectivity index (χ1) is 9.83. The Bertz CT molecular complexity index is 408. The molecule has 1 atom stereocenters. The number of likely N-dealkylation sites (N-methyl/N-ethyl adjacent to an activating group) is 1. The van der Waals surface area contributed by atoms with Crippen LogP contribution in [0.5, 0.6) is 0 Å². The van der Waals surface area contributed by atoms with Crippen LogP contribution in [0.4, 0.5) is 0 Å². The molecular weight excluding hydrogens is 248 g/mol. The van der Waals surface area contributed by atoms with E-state index in [0.29, 0.717) is 6.04 Å². The van der Waals surface area contributed by atoms with Gasteiger partial charge in [-0.1, -0.05) is 19.3 Å². The molecule has 1 aliphatic carbocycles. The van der Waals surface area contributed by atoms with Gasteiger partial charge in [-0.2, -0.15) is 5.10 Å². The van der Waals surface area contributed by atoms with Crippen molar-refractivity contribution in [2.24, 2.45) is 0 Å². The molecule has 1 saturated carbocycles. The monoisotopic (exact) mass is 276 g/mol. The molecule has 20 heavy (non-hydrogen) atoms. The van der Waals surface area contributed by atoms with Gasteiger partial charge in [-0.25, -0.2) is 0 Å². The third-order valence-corrected chi connectivity index (χ3v) is 4.97. The van der Waals surface area contributed by atoms with Gasteiger partial charge < -0.3 is 10.2 Å². The van der Waals surface area contributed by atoms with Crippen LogP contribution < -0.4 is 5.32 Å². The Balaban J connectivity index is 1.45. The molecule has 112 valence electrons. The van der Waals surface area contributed by atoms with Crippen molar-refractivity contribution in [3.63, 3.8) is 0 Å². The molecule has 4 nitrogen and oxygen atoms in total. The summed E-state index contributed by atoms with van der Waals surface area (Å²) < 4.78 is 2.21. The molecule has 3 rings (SSSR count). The lowest BCUT2D eigenvalue weighted by Crippen LogP contribution is -2.35. The van der Waals surface area contributed by atoms with Gasteiger partial charge in [0.15, 0.2) is 0 Å². The Morgan fingerprint density at radius 1 is 1.20 bits per heavy atom. The van der Waals surface area contributed by atoms with E-state index >= 15 is 0 Å². The van der Waals surface area contributed by atoms with Crippen molar-refractivity contribution in [2.75, 3.05) is 20.1 Å². The van der Waals surface area contributed by atoms with Crippen LogP contribution in [0.25, 0.3) is 0 Å². The zero-order chi connectivity index (χ0) is 13.8. The smallest absolute Gasteiger partial charge is 0.0762 e. The predicted octanol–water partition coefficient (Wildman–Crippen LogP) is 2.57. The summed E-state index contributed by atoms with van der Waals surface area (Å²) in [5.41, 5.74) is 1.19. The number of hydrogen-bond donors (Lipinski definition) is 1. The molecule has 1 aromatic heterocycles. The van der Waals surface area contributed by atoms with Crippen molar-refractivity contribution < 1.29 is 0 Å². The number of aromatic nitrogens is 2. The minimum absolute atomic E-state index is 0.651. The molecule has 4 heteroatoms. The standard InChI is InChI=1S/C16H28N4/c1-19-10-5-8-16(19)13-17-12-14-9-11-20(18-14)15-6-3-2-4-7-15/h9,11,15-17H,2-8,10,12-13H2,1H3. The molecule has 0 amide bonds. The lowest BCUT2D eigenvalue weighted by molar-refractivity contribution is 0.299. The van der Waals surface area contributed by atoms with Crippen molar-refractivity contribution in [1.29, 1.82) is 0 Å². The van der Waals surface area contributed by atoms with Crippen LogP contribution in [-0.4, -0.2) is 40.9 Å². The van der Waals surface area contributed by atoms with E-state index in [1.54, 1.807) is 0 Å². The first-order valence-electron chi connectivity index (χ1n) is 8.28. The van der Waals surface area contributed by atoms with Gasteiger partial charge in [-0.3, -0.25) is 4.68 Å². The van der Waals surface area contributed by atoms with Crippen molar-refractivity contribution >= 4 is 0 Å². The van der Waals surface area contributed by atoms with E-state index in [-0.39, 0.29) is 0 Å². The second-order valence-corrected chi connectivity index (χ2v) is 6.49. The lowest BCUT2D eigenvalue weighted by atomic mass is 9.96. The summed E-state index contributed by atoms with van der Waals surface area (Å²) in [7, 11) is 2.23. The molecule has 2 fully saturated rings. The minimum atomic E-state index is 0.651. The zero-order valence-electron chi connectivity index (χ0n) is 12.7. The SMILES string of the molecule is CN1CCCC1CNCc1ccn(C2CCCCC2)n1. The van der Waals surface area contributed by atoms with E-state index in [4.69, 9.17) is 5.10 Å². The number of hydrogen-bond acceptors (Lipinski definition) is 3. The van der Waals surface area contributed by atoms with Gasteiger partial charge in [0.25, 0.3) is 0 Å². The maximum absolute atomic E-state index is 4.76. The van der Waals surface area contributed by atoms with Crippen molar-refractivity contribution in [1.82, 2.24) is 20.0 Å². The summed E-state index contributed by atoms with van der Waals surface area (Å²) in [6.07, 6.45) is 11.6. The topological polar surface area (TPSA) is 33.1 Å². The highest BCUT2D eigenvalue weighted by Crippen LogP contribution is 2.27. The van der Waals surface area contributed by atoms with Crippen molar-refractivity contribution in [3.8, 4) is 0 Å². The maximum atomic E-state index is 4.76. The highest BCUT2D eigenvalue weighted by Gasteiger charge is 2.20. The van der Waals surface area contributed by atoms with Crippen LogP contribution in [0.1, 0.15) is 56.7 Å². The Morgan fingerprint density at radius 3 is 2.80 bits per heavy atom. The normalized spacial score (nSPS) is 25.4. The molecule has 2 aliphatic rings. The number of nitrogens with zero attached hydrogens (tertiary/aromatic N) is 3. The minimum Gasteiger partial charge on any atom is -0.310 e. The van der Waals surface area contributed by atoms with Crippen LogP contribution in [0.2, 0.25) is 0 Å². The fraction of sp³-hybridized carbons (Fsp3) is 0.812. The van der Waals surface area contributed by atoms with Crippen LogP contribution in [0, 0.1) is 0 Å². The molecule has 0 bridgehead atoms. The van der Waals surface area contributed by atoms with E-state index < -0.39 is 0 Å². The molecule has 1 unspecified atom stereocenters. The van der Waals surface area contributed by atoms with Crippen molar-refractivity contribution in [3.05, 3.63) is 18.0 Å². The largest absolute Gasteiger partial charge is 0.310 e. The summed E-state index contributed by atoms with van der Waals surface area (Å²) in [5, 5.41) is 8.33. The quantitative estimate of drug-likeness (QED) is 0.897. The molecule has 1 aromatic rings. The van der Waals surface area contributed by atoms with Crippen molar-refractivity contribution in [2.45, 2.75) is 63.6 Å². The first kappa shape index (κ1) is 14.1. The number of likely N-dealkylation sites (tertiary alicyclic amines) is 1. The van der Waals surface area contributed by atoms with E-state index in [2.05, 4.69) is 34.2 Å². The molecule has 1 saturated heterocycles. The fourth-order valence-electron chi connectivity index (χ4n) is 3.62. The molecule has 0 radical (unpaired) electrons. The summed E-state index contributed by atoms with van der Waals surface area (Å²) in [6.45, 7) is 3.25. The second kappa shape index (κ2) is 6.72. The average Bonchev–Trinajstić information content (AvgIpc) is 3.10. The molecule has 1 aliphatic heterocycles. The maximum Gasteiger partial charge on any atom is 0.0762 e. The molecule has 0 spiro atoms. The first-order valence-corrected chi connectivity index (χ1v) is 8.28.